The molecular formula is C17H16F2N2O2. The van der Waals surface area contributed by atoms with Crippen molar-refractivity contribution in [1.82, 2.24) is 0 Å². The van der Waals surface area contributed by atoms with E-state index in [9.17, 15) is 13.6 Å². The second-order valence-electron chi connectivity index (χ2n) is 4.78. The van der Waals surface area contributed by atoms with E-state index in [0.717, 1.165) is 24.1 Å². The summed E-state index contributed by atoms with van der Waals surface area (Å²) in [6.07, 6.45) is 2.45. The molecule has 120 valence electrons. The number of nitrogens with one attached hydrogen (secondary N) is 1. The van der Waals surface area contributed by atoms with Crippen LogP contribution in [0.3, 0.4) is 0 Å². The minimum atomic E-state index is -1.03. The molecule has 0 unspecified atom stereocenters. The Kier molecular flexibility index (Phi) is 5.80. The Balaban J connectivity index is 1.79. The van der Waals surface area contributed by atoms with Gasteiger partial charge in [0.2, 0.25) is 0 Å². The smallest absolute Gasteiger partial charge is 0.265 e. The largest absolute Gasteiger partial charge is 0.386 e. The normalized spacial score (nSPS) is 10.7. The molecule has 0 aliphatic carbocycles. The van der Waals surface area contributed by atoms with Crippen LogP contribution in [0, 0.1) is 11.6 Å². The molecular weight excluding hydrogens is 302 g/mol. The molecule has 0 heterocycles. The number of oxime groups is 1. The van der Waals surface area contributed by atoms with E-state index in [-0.39, 0.29) is 12.3 Å². The summed E-state index contributed by atoms with van der Waals surface area (Å²) in [6.45, 7) is 1.74. The van der Waals surface area contributed by atoms with Gasteiger partial charge in [0, 0.05) is 11.8 Å². The third kappa shape index (κ3) is 5.18. The first-order chi connectivity index (χ1) is 11.1. The minimum Gasteiger partial charge on any atom is -0.386 e. The van der Waals surface area contributed by atoms with E-state index in [1.807, 2.05) is 24.3 Å². The molecule has 0 aliphatic rings. The van der Waals surface area contributed by atoms with Crippen molar-refractivity contribution in [3.05, 3.63) is 65.2 Å². The number of carbonyl (C=O) groups is 1. The van der Waals surface area contributed by atoms with Crippen molar-refractivity contribution >= 4 is 17.8 Å². The maximum Gasteiger partial charge on any atom is 0.265 e. The van der Waals surface area contributed by atoms with Crippen molar-refractivity contribution in [1.29, 1.82) is 0 Å². The molecule has 0 aliphatic heterocycles. The Bertz CT molecular complexity index is 700. The van der Waals surface area contributed by atoms with Gasteiger partial charge in [-0.2, -0.15) is 0 Å². The summed E-state index contributed by atoms with van der Waals surface area (Å²) in [5.74, 6) is -2.52. The number of halogens is 2. The van der Waals surface area contributed by atoms with Gasteiger partial charge in [-0.15, -0.1) is 0 Å². The molecule has 1 amide bonds. The monoisotopic (exact) mass is 318 g/mol. The number of benzene rings is 2. The van der Waals surface area contributed by atoms with E-state index in [2.05, 4.69) is 17.4 Å². The Morgan fingerprint density at radius 1 is 1.17 bits per heavy atom. The van der Waals surface area contributed by atoms with Gasteiger partial charge in [-0.05, 0) is 29.7 Å². The summed E-state index contributed by atoms with van der Waals surface area (Å²) in [6, 6.07) is 10.8. The van der Waals surface area contributed by atoms with Crippen LogP contribution in [-0.4, -0.2) is 18.7 Å². The molecule has 0 aromatic heterocycles. The number of carbonyl (C=O) groups excluding carboxylic acids is 1. The van der Waals surface area contributed by atoms with Gasteiger partial charge in [-0.25, -0.2) is 8.78 Å². The van der Waals surface area contributed by atoms with E-state index in [0.29, 0.717) is 0 Å². The summed E-state index contributed by atoms with van der Waals surface area (Å²) in [5, 5.41) is 6.07. The molecule has 0 saturated carbocycles. The molecule has 0 radical (unpaired) electrons. The molecule has 0 bridgehead atoms. The van der Waals surface area contributed by atoms with Crippen LogP contribution in [-0.2, 0) is 16.1 Å². The number of anilines is 1. The number of rotatable bonds is 6. The van der Waals surface area contributed by atoms with Crippen LogP contribution >= 0.6 is 0 Å². The van der Waals surface area contributed by atoms with Crippen LogP contribution in [0.25, 0.3) is 0 Å². The van der Waals surface area contributed by atoms with Crippen molar-refractivity contribution in [2.24, 2.45) is 5.16 Å². The van der Waals surface area contributed by atoms with E-state index in [4.69, 9.17) is 4.84 Å². The lowest BCUT2D eigenvalue weighted by Crippen LogP contribution is -2.17. The highest BCUT2D eigenvalue weighted by atomic mass is 19.2. The predicted molar refractivity (Wildman–Crippen MR) is 84.4 cm³/mol. The van der Waals surface area contributed by atoms with Gasteiger partial charge in [0.15, 0.2) is 18.2 Å². The average molecular weight is 318 g/mol. The SMILES string of the molecule is CCc1ccc(/C=N\OCC(=O)Nc2ccc(F)c(F)c2)cc1. The molecule has 23 heavy (non-hydrogen) atoms. The summed E-state index contributed by atoms with van der Waals surface area (Å²) in [5.41, 5.74) is 2.22. The number of nitrogens with zero attached hydrogens (tertiary/aromatic N) is 1. The molecule has 0 spiro atoms. The standard InChI is InChI=1S/C17H16F2N2O2/c1-2-12-3-5-13(6-4-12)10-20-23-11-17(22)21-14-7-8-15(18)16(19)9-14/h3-10H,2,11H2,1H3,(H,21,22)/b20-10-. The summed E-state index contributed by atoms with van der Waals surface area (Å²) >= 11 is 0. The van der Waals surface area contributed by atoms with Crippen LogP contribution < -0.4 is 5.32 Å². The van der Waals surface area contributed by atoms with Gasteiger partial charge in [-0.3, -0.25) is 4.79 Å². The lowest BCUT2D eigenvalue weighted by molar-refractivity contribution is -0.120. The lowest BCUT2D eigenvalue weighted by atomic mass is 10.1. The van der Waals surface area contributed by atoms with Crippen molar-refractivity contribution in [2.45, 2.75) is 13.3 Å². The van der Waals surface area contributed by atoms with Crippen molar-refractivity contribution in [2.75, 3.05) is 11.9 Å². The summed E-state index contributed by atoms with van der Waals surface area (Å²) < 4.78 is 25.8. The fourth-order valence-corrected chi connectivity index (χ4v) is 1.80. The zero-order valence-corrected chi connectivity index (χ0v) is 12.6. The minimum absolute atomic E-state index is 0.150. The highest BCUT2D eigenvalue weighted by Crippen LogP contribution is 2.12. The Morgan fingerprint density at radius 2 is 1.91 bits per heavy atom. The van der Waals surface area contributed by atoms with Gasteiger partial charge in [0.1, 0.15) is 0 Å². The van der Waals surface area contributed by atoms with Gasteiger partial charge in [0.05, 0.1) is 6.21 Å². The Morgan fingerprint density at radius 3 is 2.57 bits per heavy atom. The number of hydrogen-bond donors (Lipinski definition) is 1. The molecule has 6 heteroatoms. The fourth-order valence-electron chi connectivity index (χ4n) is 1.80. The van der Waals surface area contributed by atoms with Crippen molar-refractivity contribution < 1.29 is 18.4 Å². The molecule has 0 saturated heterocycles. The van der Waals surface area contributed by atoms with E-state index < -0.39 is 17.5 Å². The summed E-state index contributed by atoms with van der Waals surface area (Å²) in [7, 11) is 0. The predicted octanol–water partition coefficient (Wildman–Crippen LogP) is 3.52. The van der Waals surface area contributed by atoms with Crippen LogP contribution in [0.5, 0.6) is 0 Å². The lowest BCUT2D eigenvalue weighted by Gasteiger charge is -2.04. The first kappa shape index (κ1) is 16.6. The maximum atomic E-state index is 13.0. The van der Waals surface area contributed by atoms with Crippen LogP contribution in [0.1, 0.15) is 18.1 Å². The zero-order valence-electron chi connectivity index (χ0n) is 12.6. The zero-order chi connectivity index (χ0) is 16.7. The summed E-state index contributed by atoms with van der Waals surface area (Å²) in [4.78, 5) is 16.4. The fraction of sp³-hybridized carbons (Fsp3) is 0.176. The van der Waals surface area contributed by atoms with Crippen LogP contribution in [0.2, 0.25) is 0 Å². The number of amides is 1. The van der Waals surface area contributed by atoms with Gasteiger partial charge in [-0.1, -0.05) is 36.3 Å². The maximum absolute atomic E-state index is 13.0. The second kappa shape index (κ2) is 8.03. The molecule has 0 atom stereocenters. The van der Waals surface area contributed by atoms with Crippen LogP contribution in [0.4, 0.5) is 14.5 Å². The van der Waals surface area contributed by atoms with Crippen molar-refractivity contribution in [3.63, 3.8) is 0 Å². The van der Waals surface area contributed by atoms with Crippen LogP contribution in [0.15, 0.2) is 47.6 Å². The second-order valence-corrected chi connectivity index (χ2v) is 4.78. The first-order valence-electron chi connectivity index (χ1n) is 7.07. The molecule has 2 rings (SSSR count). The van der Waals surface area contributed by atoms with Crippen molar-refractivity contribution in [3.8, 4) is 0 Å². The van der Waals surface area contributed by atoms with Gasteiger partial charge < -0.3 is 10.2 Å². The Labute approximate surface area is 132 Å². The highest BCUT2D eigenvalue weighted by molar-refractivity contribution is 5.91. The third-order valence-corrected chi connectivity index (χ3v) is 3.06. The van der Waals surface area contributed by atoms with Gasteiger partial charge in [0.25, 0.3) is 5.91 Å². The Hall–Kier alpha value is -2.76. The number of aryl methyl sites for hydroxylation is 1. The molecule has 2 aromatic rings. The molecule has 2 aromatic carbocycles. The molecule has 1 N–H and O–H groups in total. The van der Waals surface area contributed by atoms with Gasteiger partial charge >= 0.3 is 0 Å². The quantitative estimate of drug-likeness (QED) is 0.654. The first-order valence-corrected chi connectivity index (χ1v) is 7.07. The number of hydrogen-bond acceptors (Lipinski definition) is 3. The van der Waals surface area contributed by atoms with E-state index in [1.54, 1.807) is 0 Å². The third-order valence-electron chi connectivity index (χ3n) is 3.06. The highest BCUT2D eigenvalue weighted by Gasteiger charge is 2.06. The van der Waals surface area contributed by atoms with E-state index in [1.165, 1.54) is 17.8 Å². The molecule has 4 nitrogen and oxygen atoms in total. The van der Waals surface area contributed by atoms with E-state index >= 15 is 0 Å². The molecule has 0 fully saturated rings. The topological polar surface area (TPSA) is 50.7 Å². The average Bonchev–Trinajstić information content (AvgIpc) is 2.55.